The van der Waals surface area contributed by atoms with E-state index in [2.05, 4.69) is 10.3 Å². The van der Waals surface area contributed by atoms with Crippen molar-refractivity contribution in [3.63, 3.8) is 0 Å². The fraction of sp³-hybridized carbons (Fsp3) is 0.235. The fourth-order valence-electron chi connectivity index (χ4n) is 2.34. The Hall–Kier alpha value is -3.28. The van der Waals surface area contributed by atoms with Crippen molar-refractivity contribution < 1.29 is 27.8 Å². The second kappa shape index (κ2) is 7.31. The third-order valence-corrected chi connectivity index (χ3v) is 3.62. The number of nitriles is 1. The minimum atomic E-state index is -4.79. The number of methoxy groups -OCH3 is 1. The number of anilines is 1. The van der Waals surface area contributed by atoms with Gasteiger partial charge in [-0.25, -0.2) is 9.78 Å². The van der Waals surface area contributed by atoms with Crippen molar-refractivity contribution >= 4 is 11.8 Å². The van der Waals surface area contributed by atoms with Gasteiger partial charge in [-0.3, -0.25) is 0 Å². The van der Waals surface area contributed by atoms with Crippen LogP contribution in [0.3, 0.4) is 0 Å². The van der Waals surface area contributed by atoms with Gasteiger partial charge < -0.3 is 15.2 Å². The number of carbonyl (C=O) groups is 1. The molecule has 1 aromatic carbocycles. The Balaban J connectivity index is 2.45. The zero-order valence-corrected chi connectivity index (χ0v) is 13.8. The van der Waals surface area contributed by atoms with E-state index in [1.165, 1.54) is 25.3 Å². The van der Waals surface area contributed by atoms with Crippen molar-refractivity contribution in [2.24, 2.45) is 0 Å². The number of aromatic nitrogens is 1. The Morgan fingerprint density at radius 1 is 1.38 bits per heavy atom. The predicted molar refractivity (Wildman–Crippen MR) is 85.9 cm³/mol. The van der Waals surface area contributed by atoms with Gasteiger partial charge in [-0.1, -0.05) is 0 Å². The average Bonchev–Trinajstić information content (AvgIpc) is 2.60. The van der Waals surface area contributed by atoms with E-state index >= 15 is 0 Å². The summed E-state index contributed by atoms with van der Waals surface area (Å²) in [5.74, 6) is -1.63. The van der Waals surface area contributed by atoms with Crippen LogP contribution in [0.15, 0.2) is 30.5 Å². The molecule has 2 rings (SSSR count). The number of hydrogen-bond donors (Lipinski definition) is 2. The first-order valence-corrected chi connectivity index (χ1v) is 7.32. The number of benzene rings is 1. The summed E-state index contributed by atoms with van der Waals surface area (Å²) in [5.41, 5.74) is -0.984. The molecular weight excluding hydrogens is 351 g/mol. The Morgan fingerprint density at radius 3 is 2.62 bits per heavy atom. The third kappa shape index (κ3) is 4.03. The topological polar surface area (TPSA) is 95.2 Å². The lowest BCUT2D eigenvalue weighted by Gasteiger charge is -2.21. The molecular formula is C17H14F3N3O3. The lowest BCUT2D eigenvalue weighted by molar-refractivity contribution is -0.137. The monoisotopic (exact) mass is 365 g/mol. The van der Waals surface area contributed by atoms with Crippen molar-refractivity contribution in [3.05, 3.63) is 52.7 Å². The lowest BCUT2D eigenvalue weighted by atomic mass is 10.0. The molecule has 1 aromatic heterocycles. The van der Waals surface area contributed by atoms with Crippen molar-refractivity contribution in [2.75, 3.05) is 12.4 Å². The maximum absolute atomic E-state index is 13.3. The molecule has 2 aromatic rings. The molecule has 1 atom stereocenters. The van der Waals surface area contributed by atoms with Crippen molar-refractivity contribution in [2.45, 2.75) is 19.1 Å². The molecule has 26 heavy (non-hydrogen) atoms. The normalized spacial score (nSPS) is 12.2. The molecule has 1 heterocycles. The quantitative estimate of drug-likeness (QED) is 0.836. The second-order valence-electron chi connectivity index (χ2n) is 5.36. The summed E-state index contributed by atoms with van der Waals surface area (Å²) in [4.78, 5) is 14.5. The first-order chi connectivity index (χ1) is 12.2. The van der Waals surface area contributed by atoms with Gasteiger partial charge in [-0.15, -0.1) is 0 Å². The van der Waals surface area contributed by atoms with E-state index in [0.29, 0.717) is 22.9 Å². The highest BCUT2D eigenvalue weighted by atomic mass is 19.4. The van der Waals surface area contributed by atoms with Gasteiger partial charge >= 0.3 is 12.1 Å². The molecule has 0 unspecified atom stereocenters. The molecule has 9 heteroatoms. The van der Waals surface area contributed by atoms with Crippen LogP contribution in [0.2, 0.25) is 0 Å². The molecule has 2 N–H and O–H groups in total. The first kappa shape index (κ1) is 19.1. The van der Waals surface area contributed by atoms with Gasteiger partial charge in [0.1, 0.15) is 11.6 Å². The minimum Gasteiger partial charge on any atom is -0.496 e. The van der Waals surface area contributed by atoms with E-state index in [1.54, 1.807) is 6.92 Å². The lowest BCUT2D eigenvalue weighted by Crippen LogP contribution is -2.17. The number of aromatic carboxylic acids is 1. The number of alkyl halides is 3. The van der Waals surface area contributed by atoms with Crippen LogP contribution in [0.5, 0.6) is 5.75 Å². The molecule has 0 saturated heterocycles. The highest BCUT2D eigenvalue weighted by Crippen LogP contribution is 2.36. The van der Waals surface area contributed by atoms with Crippen LogP contribution < -0.4 is 10.1 Å². The summed E-state index contributed by atoms with van der Waals surface area (Å²) in [6.45, 7) is 1.58. The van der Waals surface area contributed by atoms with Gasteiger partial charge in [0, 0.05) is 11.8 Å². The van der Waals surface area contributed by atoms with Crippen LogP contribution in [-0.2, 0) is 6.18 Å². The molecule has 0 aliphatic heterocycles. The first-order valence-electron chi connectivity index (χ1n) is 7.32. The van der Waals surface area contributed by atoms with Crippen LogP contribution in [-0.4, -0.2) is 23.2 Å². The number of carboxylic acid groups (broad SMARTS) is 1. The van der Waals surface area contributed by atoms with Gasteiger partial charge in [0.05, 0.1) is 35.9 Å². The Bertz CT molecular complexity index is 876. The van der Waals surface area contributed by atoms with Crippen molar-refractivity contribution in [1.82, 2.24) is 4.98 Å². The van der Waals surface area contributed by atoms with Gasteiger partial charge in [0.15, 0.2) is 0 Å². The number of nitrogens with one attached hydrogen (secondary N) is 1. The highest BCUT2D eigenvalue weighted by molar-refractivity contribution is 5.87. The SMILES string of the molecule is COc1ccc(C#N)cc1[C@H](C)Nc1ncc(C(=O)O)cc1C(F)(F)F. The predicted octanol–water partition coefficient (Wildman–Crippen LogP) is 3.85. The molecule has 136 valence electrons. The number of nitrogens with zero attached hydrogens (tertiary/aromatic N) is 2. The van der Waals surface area contributed by atoms with Crippen LogP contribution >= 0.6 is 0 Å². The zero-order chi connectivity index (χ0) is 19.5. The van der Waals surface area contributed by atoms with E-state index in [0.717, 1.165) is 6.20 Å². The van der Waals surface area contributed by atoms with E-state index in [4.69, 9.17) is 15.1 Å². The molecule has 6 nitrogen and oxygen atoms in total. The summed E-state index contributed by atoms with van der Waals surface area (Å²) in [6.07, 6.45) is -3.95. The molecule has 0 aliphatic carbocycles. The average molecular weight is 365 g/mol. The van der Waals surface area contributed by atoms with Crippen LogP contribution in [0.1, 0.15) is 40.0 Å². The van der Waals surface area contributed by atoms with Crippen LogP contribution in [0.25, 0.3) is 0 Å². The summed E-state index contributed by atoms with van der Waals surface area (Å²) < 4.78 is 45.0. The van der Waals surface area contributed by atoms with E-state index in [1.807, 2.05) is 6.07 Å². The van der Waals surface area contributed by atoms with Gasteiger partial charge in [-0.2, -0.15) is 18.4 Å². The number of rotatable bonds is 5. The van der Waals surface area contributed by atoms with Crippen LogP contribution in [0, 0.1) is 11.3 Å². The Labute approximate surface area is 146 Å². The summed E-state index contributed by atoms with van der Waals surface area (Å²) in [6, 6.07) is 6.34. The van der Waals surface area contributed by atoms with E-state index < -0.39 is 35.1 Å². The number of carboxylic acids is 1. The Morgan fingerprint density at radius 2 is 2.08 bits per heavy atom. The second-order valence-corrected chi connectivity index (χ2v) is 5.36. The van der Waals surface area contributed by atoms with Crippen molar-refractivity contribution in [1.29, 1.82) is 5.26 Å². The van der Waals surface area contributed by atoms with Gasteiger partial charge in [0.25, 0.3) is 0 Å². The summed E-state index contributed by atoms with van der Waals surface area (Å²) in [7, 11) is 1.40. The number of ether oxygens (including phenoxy) is 1. The highest BCUT2D eigenvalue weighted by Gasteiger charge is 2.35. The number of halogens is 3. The number of hydrogen-bond acceptors (Lipinski definition) is 5. The van der Waals surface area contributed by atoms with Gasteiger partial charge in [0.2, 0.25) is 0 Å². The largest absolute Gasteiger partial charge is 0.496 e. The third-order valence-electron chi connectivity index (χ3n) is 3.62. The van der Waals surface area contributed by atoms with Gasteiger partial charge in [-0.05, 0) is 31.2 Å². The smallest absolute Gasteiger partial charge is 0.419 e. The van der Waals surface area contributed by atoms with E-state index in [-0.39, 0.29) is 0 Å². The summed E-state index contributed by atoms with van der Waals surface area (Å²) in [5, 5.41) is 20.5. The van der Waals surface area contributed by atoms with Crippen LogP contribution in [0.4, 0.5) is 19.0 Å². The zero-order valence-electron chi connectivity index (χ0n) is 13.8. The molecule has 0 radical (unpaired) electrons. The van der Waals surface area contributed by atoms with Crippen molar-refractivity contribution in [3.8, 4) is 11.8 Å². The fourth-order valence-corrected chi connectivity index (χ4v) is 2.34. The molecule has 0 saturated carbocycles. The molecule has 0 bridgehead atoms. The number of pyridine rings is 1. The molecule has 0 aliphatic rings. The molecule has 0 fully saturated rings. The summed E-state index contributed by atoms with van der Waals surface area (Å²) >= 11 is 0. The minimum absolute atomic E-state index is 0.319. The molecule has 0 amide bonds. The van der Waals surface area contributed by atoms with E-state index in [9.17, 15) is 18.0 Å². The maximum Gasteiger partial charge on any atom is 0.419 e. The molecule has 0 spiro atoms. The maximum atomic E-state index is 13.3. The standard InChI is InChI=1S/C17H14F3N3O3/c1-9(12-5-10(7-21)3-4-14(12)26-2)23-15-13(17(18,19)20)6-11(8-22-15)16(24)25/h3-6,8-9H,1-2H3,(H,22,23)(H,24,25)/t9-/m0/s1. The Kier molecular flexibility index (Phi) is 5.35.